The lowest BCUT2D eigenvalue weighted by atomic mass is 9.99. The highest BCUT2D eigenvalue weighted by Gasteiger charge is 2.42. The molecule has 4 aromatic rings. The molecule has 228 valence electrons. The number of aromatic nitrogens is 2. The molecule has 1 heterocycles. The van der Waals surface area contributed by atoms with Crippen LogP contribution in [0.1, 0.15) is 42.3 Å². The lowest BCUT2D eigenvalue weighted by Gasteiger charge is -2.28. The molecule has 3 aromatic carbocycles. The number of carbonyl (C=O) groups is 2. The average molecular weight is 619 g/mol. The fraction of sp³-hybridized carbons (Fsp3) is 0.276. The summed E-state index contributed by atoms with van der Waals surface area (Å²) in [6.07, 6.45) is -4.21. The molecule has 43 heavy (non-hydrogen) atoms. The van der Waals surface area contributed by atoms with Crippen molar-refractivity contribution in [3.05, 3.63) is 90.3 Å². The first-order valence-electron chi connectivity index (χ1n) is 13.0. The van der Waals surface area contributed by atoms with Gasteiger partial charge in [-0.2, -0.15) is 13.2 Å². The number of ether oxygens (including phenoxy) is 1. The molecular formula is C29H29F3N4O6S. The molecule has 0 spiro atoms. The van der Waals surface area contributed by atoms with Crippen LogP contribution < -0.4 is 10.0 Å². The van der Waals surface area contributed by atoms with E-state index in [1.165, 1.54) is 36.7 Å². The smallest absolute Gasteiger partial charge is 0.387 e. The monoisotopic (exact) mass is 618 g/mol. The maximum atomic E-state index is 12.7. The van der Waals surface area contributed by atoms with Crippen LogP contribution in [0.15, 0.2) is 84.0 Å². The fourth-order valence-electron chi connectivity index (χ4n) is 4.17. The van der Waals surface area contributed by atoms with Gasteiger partial charge in [0.1, 0.15) is 0 Å². The topological polar surface area (TPSA) is 140 Å². The van der Waals surface area contributed by atoms with Gasteiger partial charge in [0.15, 0.2) is 0 Å². The van der Waals surface area contributed by atoms with Gasteiger partial charge in [-0.15, -0.1) is 0 Å². The summed E-state index contributed by atoms with van der Waals surface area (Å²) < 4.78 is 70.8. The molecule has 1 aromatic heterocycles. The largest absolute Gasteiger partial charge is 0.491 e. The molecule has 0 fully saturated rings. The van der Waals surface area contributed by atoms with Crippen LogP contribution in [0.4, 0.5) is 18.9 Å². The number of imidazole rings is 1. The zero-order chi connectivity index (χ0) is 31.4. The number of hydrogen-bond acceptors (Lipinski definition) is 8. The molecule has 0 bridgehead atoms. The molecule has 0 saturated carbocycles. The van der Waals surface area contributed by atoms with Crippen LogP contribution in [0.5, 0.6) is 0 Å². The van der Waals surface area contributed by atoms with Crippen molar-refractivity contribution in [1.29, 1.82) is 0 Å². The van der Waals surface area contributed by atoms with Crippen LogP contribution in [0.3, 0.4) is 0 Å². The molecule has 0 saturated heterocycles. The molecule has 0 radical (unpaired) electrons. The van der Waals surface area contributed by atoms with Crippen LogP contribution >= 0.6 is 0 Å². The predicted octanol–water partition coefficient (Wildman–Crippen LogP) is 4.57. The highest BCUT2D eigenvalue weighted by atomic mass is 32.2. The van der Waals surface area contributed by atoms with E-state index in [1.54, 1.807) is 47.0 Å². The minimum Gasteiger partial charge on any atom is -0.387 e. The van der Waals surface area contributed by atoms with Crippen LogP contribution in [0.25, 0.3) is 11.0 Å². The van der Waals surface area contributed by atoms with Gasteiger partial charge in [-0.3, -0.25) is 4.72 Å². The quantitative estimate of drug-likeness (QED) is 0.164. The minimum atomic E-state index is -5.30. The number of nitrogens with one attached hydrogen (secondary N) is 2. The molecule has 0 unspecified atom stereocenters. The molecule has 0 aliphatic carbocycles. The number of β-amino-alcohol motifs (C(OH)–C–C–N with tert-alkyl or cyclic N) is 1. The molecule has 0 aliphatic heterocycles. The number of aryl methyl sites for hydroxylation is 1. The van der Waals surface area contributed by atoms with Crippen molar-refractivity contribution in [3.63, 3.8) is 0 Å². The summed E-state index contributed by atoms with van der Waals surface area (Å²) in [5.74, 6) is -4.02. The van der Waals surface area contributed by atoms with Crippen molar-refractivity contribution < 1.29 is 41.0 Å². The lowest BCUT2D eigenvalue weighted by Crippen LogP contribution is -2.42. The number of halogens is 3. The Balaban J connectivity index is 1.36. The van der Waals surface area contributed by atoms with Crippen molar-refractivity contribution in [3.8, 4) is 0 Å². The predicted molar refractivity (Wildman–Crippen MR) is 152 cm³/mol. The molecule has 0 aliphatic rings. The van der Waals surface area contributed by atoms with E-state index in [0.717, 1.165) is 0 Å². The molecule has 14 heteroatoms. The fourth-order valence-corrected chi connectivity index (χ4v) is 5.24. The molecule has 10 nitrogen and oxygen atoms in total. The first-order chi connectivity index (χ1) is 20.1. The van der Waals surface area contributed by atoms with E-state index in [9.17, 15) is 36.3 Å². The second kappa shape index (κ2) is 12.5. The van der Waals surface area contributed by atoms with E-state index in [4.69, 9.17) is 0 Å². The van der Waals surface area contributed by atoms with Gasteiger partial charge in [-0.05, 0) is 68.3 Å². The van der Waals surface area contributed by atoms with Gasteiger partial charge in [-0.25, -0.2) is 23.0 Å². The standard InChI is InChI=1S/C29H29F3N4O6S/c1-28(2,13-14-36-18-33-23-12-11-20(16-24(23)36)26(38)42-27(39)29(30,31)32)34-17-25(37)19-7-6-8-21(15-19)35-43(40,41)22-9-4-3-5-10-22/h3-12,15-16,18,25,34-35,37H,13-14,17H2,1-2H3/t25-/m0/s1. The molecule has 4 rings (SSSR count). The Labute approximate surface area is 245 Å². The van der Waals surface area contributed by atoms with Gasteiger partial charge in [0.05, 0.1) is 33.9 Å². The second-order valence-corrected chi connectivity index (χ2v) is 12.1. The number of hydrogen-bond donors (Lipinski definition) is 3. The summed E-state index contributed by atoms with van der Waals surface area (Å²) in [5, 5.41) is 14.1. The van der Waals surface area contributed by atoms with Crippen LogP contribution in [0, 0.1) is 0 Å². The SMILES string of the molecule is CC(C)(CCn1cnc2ccc(C(=O)OC(=O)C(F)(F)F)cc21)NC[C@H](O)c1cccc(NS(=O)(=O)c2ccccc2)c1. The number of benzene rings is 3. The summed E-state index contributed by atoms with van der Waals surface area (Å²) in [6, 6.07) is 18.3. The van der Waals surface area contributed by atoms with Gasteiger partial charge in [0.2, 0.25) is 0 Å². The van der Waals surface area contributed by atoms with E-state index in [2.05, 4.69) is 19.8 Å². The van der Waals surface area contributed by atoms with Crippen LogP contribution in [0.2, 0.25) is 0 Å². The number of fused-ring (bicyclic) bond motifs is 1. The third kappa shape index (κ3) is 8.18. The van der Waals surface area contributed by atoms with Gasteiger partial charge >= 0.3 is 18.1 Å². The number of sulfonamides is 1. The summed E-state index contributed by atoms with van der Waals surface area (Å²) in [7, 11) is -3.80. The number of carbonyl (C=O) groups excluding carboxylic acids is 2. The minimum absolute atomic E-state index is 0.114. The number of rotatable bonds is 11. The van der Waals surface area contributed by atoms with Crippen molar-refractivity contribution >= 4 is 38.7 Å². The van der Waals surface area contributed by atoms with Crippen LogP contribution in [-0.2, 0) is 26.1 Å². The highest BCUT2D eigenvalue weighted by molar-refractivity contribution is 7.92. The Hall–Kier alpha value is -4.27. The Kier molecular flexibility index (Phi) is 9.23. The third-order valence-corrected chi connectivity index (χ3v) is 8.00. The molecule has 0 amide bonds. The molecular weight excluding hydrogens is 589 g/mol. The number of aliphatic hydroxyl groups is 1. The van der Waals surface area contributed by atoms with E-state index in [0.29, 0.717) is 35.2 Å². The van der Waals surface area contributed by atoms with Gasteiger partial charge in [0.25, 0.3) is 10.0 Å². The Morgan fingerprint density at radius 3 is 2.44 bits per heavy atom. The van der Waals surface area contributed by atoms with Gasteiger partial charge < -0.3 is 19.7 Å². The van der Waals surface area contributed by atoms with E-state index in [1.807, 2.05) is 13.8 Å². The van der Waals surface area contributed by atoms with Gasteiger partial charge in [-0.1, -0.05) is 30.3 Å². The Bertz CT molecular complexity index is 1720. The summed E-state index contributed by atoms with van der Waals surface area (Å²) in [4.78, 5) is 27.5. The average Bonchev–Trinajstić information content (AvgIpc) is 3.37. The van der Waals surface area contributed by atoms with Crippen molar-refractivity contribution in [2.75, 3.05) is 11.3 Å². The van der Waals surface area contributed by atoms with Crippen molar-refractivity contribution in [2.24, 2.45) is 0 Å². The van der Waals surface area contributed by atoms with Gasteiger partial charge in [0, 0.05) is 24.3 Å². The number of nitrogens with zero attached hydrogens (tertiary/aromatic N) is 2. The number of aliphatic hydroxyl groups excluding tert-OH is 1. The highest BCUT2D eigenvalue weighted by Crippen LogP contribution is 2.23. The van der Waals surface area contributed by atoms with E-state index in [-0.39, 0.29) is 17.0 Å². The molecule has 1 atom stereocenters. The normalized spacial score (nSPS) is 13.1. The summed E-state index contributed by atoms with van der Waals surface area (Å²) in [5.41, 5.74) is 1.00. The van der Waals surface area contributed by atoms with Crippen molar-refractivity contribution in [1.82, 2.24) is 14.9 Å². The first kappa shape index (κ1) is 31.7. The summed E-state index contributed by atoms with van der Waals surface area (Å²) in [6.45, 7) is 4.36. The zero-order valence-corrected chi connectivity index (χ0v) is 23.9. The zero-order valence-electron chi connectivity index (χ0n) is 23.1. The first-order valence-corrected chi connectivity index (χ1v) is 14.5. The maximum absolute atomic E-state index is 12.7. The third-order valence-electron chi connectivity index (χ3n) is 6.60. The lowest BCUT2D eigenvalue weighted by molar-refractivity contribution is -0.193. The van der Waals surface area contributed by atoms with E-state index < -0.39 is 39.8 Å². The van der Waals surface area contributed by atoms with Crippen LogP contribution in [-0.4, -0.2) is 53.3 Å². The number of anilines is 1. The van der Waals surface area contributed by atoms with E-state index >= 15 is 0 Å². The maximum Gasteiger partial charge on any atom is 0.491 e. The van der Waals surface area contributed by atoms with Crippen molar-refractivity contribution in [2.45, 2.75) is 49.5 Å². The molecule has 3 N–H and O–H groups in total. The Morgan fingerprint density at radius 2 is 1.74 bits per heavy atom. The number of alkyl halides is 3. The second-order valence-electron chi connectivity index (χ2n) is 10.4. The Morgan fingerprint density at radius 1 is 1.02 bits per heavy atom. The summed E-state index contributed by atoms with van der Waals surface area (Å²) >= 11 is 0. The number of esters is 2.